The summed E-state index contributed by atoms with van der Waals surface area (Å²) in [4.78, 5) is 10.0. The highest BCUT2D eigenvalue weighted by molar-refractivity contribution is 7.25. The summed E-state index contributed by atoms with van der Waals surface area (Å²) in [5, 5.41) is 6.06. The summed E-state index contributed by atoms with van der Waals surface area (Å²) in [6.07, 6.45) is 1.97. The molecule has 0 bridgehead atoms. The maximum Gasteiger partial charge on any atom is 0.235 e. The Morgan fingerprint density at radius 3 is 1.71 bits per heavy atom. The molecule has 45 heavy (non-hydrogen) atoms. The van der Waals surface area contributed by atoms with Crippen LogP contribution in [0.3, 0.4) is 0 Å². The first-order valence-electron chi connectivity index (χ1n) is 15.1. The summed E-state index contributed by atoms with van der Waals surface area (Å²) in [7, 11) is 0. The van der Waals surface area contributed by atoms with Gasteiger partial charge in [-0.2, -0.15) is 0 Å². The Hall–Kier alpha value is -5.78. The van der Waals surface area contributed by atoms with Crippen LogP contribution in [0.5, 0.6) is 0 Å². The van der Waals surface area contributed by atoms with Crippen LogP contribution >= 0.6 is 11.3 Å². The zero-order chi connectivity index (χ0) is 29.5. The van der Waals surface area contributed by atoms with Crippen molar-refractivity contribution in [3.05, 3.63) is 146 Å². The van der Waals surface area contributed by atoms with E-state index in [0.717, 1.165) is 21.3 Å². The van der Waals surface area contributed by atoms with Gasteiger partial charge in [0.2, 0.25) is 5.95 Å². The fraction of sp³-hybridized carbons (Fsp3) is 0. The van der Waals surface area contributed by atoms with Gasteiger partial charge in [-0.1, -0.05) is 84.9 Å². The number of benzene rings is 6. The van der Waals surface area contributed by atoms with E-state index >= 15 is 0 Å². The summed E-state index contributed by atoms with van der Waals surface area (Å²) in [5.41, 5.74) is 9.17. The van der Waals surface area contributed by atoms with Crippen molar-refractivity contribution >= 4 is 75.3 Å². The van der Waals surface area contributed by atoms with Crippen LogP contribution in [0.2, 0.25) is 0 Å². The van der Waals surface area contributed by atoms with Gasteiger partial charge in [0.25, 0.3) is 0 Å². The van der Waals surface area contributed by atoms with Crippen LogP contribution < -0.4 is 0 Å². The predicted molar refractivity (Wildman–Crippen MR) is 189 cm³/mol. The topological polar surface area (TPSA) is 35.6 Å². The van der Waals surface area contributed by atoms with Crippen molar-refractivity contribution in [1.29, 1.82) is 0 Å². The smallest absolute Gasteiger partial charge is 0.235 e. The van der Waals surface area contributed by atoms with Gasteiger partial charge in [-0.3, -0.25) is 4.57 Å². The molecule has 6 aromatic carbocycles. The van der Waals surface area contributed by atoms with E-state index < -0.39 is 0 Å². The number of rotatable bonds is 3. The van der Waals surface area contributed by atoms with Crippen LogP contribution in [0.15, 0.2) is 146 Å². The number of aromatic nitrogens is 4. The second-order valence-electron chi connectivity index (χ2n) is 11.5. The van der Waals surface area contributed by atoms with Gasteiger partial charge in [-0.25, -0.2) is 9.97 Å². The minimum absolute atomic E-state index is 0.695. The van der Waals surface area contributed by atoms with E-state index in [-0.39, 0.29) is 0 Å². The molecule has 10 rings (SSSR count). The number of fused-ring (bicyclic) bond motifs is 9. The zero-order valence-electron chi connectivity index (χ0n) is 24.1. The number of para-hydroxylation sites is 3. The fourth-order valence-electron chi connectivity index (χ4n) is 6.98. The quantitative estimate of drug-likeness (QED) is 0.205. The highest BCUT2D eigenvalue weighted by Gasteiger charge is 2.18. The first kappa shape index (κ1) is 24.6. The molecule has 4 heterocycles. The average Bonchev–Trinajstić information content (AvgIpc) is 3.75. The molecule has 0 N–H and O–H groups in total. The van der Waals surface area contributed by atoms with E-state index in [1.807, 2.05) is 6.20 Å². The van der Waals surface area contributed by atoms with Gasteiger partial charge in [-0.15, -0.1) is 11.3 Å². The molecule has 0 saturated heterocycles. The van der Waals surface area contributed by atoms with E-state index in [2.05, 4.69) is 149 Å². The summed E-state index contributed by atoms with van der Waals surface area (Å²) < 4.78 is 6.90. The van der Waals surface area contributed by atoms with E-state index in [9.17, 15) is 0 Å². The van der Waals surface area contributed by atoms with Crippen molar-refractivity contribution in [3.63, 3.8) is 0 Å². The van der Waals surface area contributed by atoms with Crippen LogP contribution in [-0.2, 0) is 0 Å². The Kier molecular flexibility index (Phi) is 5.12. The van der Waals surface area contributed by atoms with Gasteiger partial charge < -0.3 is 4.57 Å². The minimum Gasteiger partial charge on any atom is -0.309 e. The summed E-state index contributed by atoms with van der Waals surface area (Å²) in [5.74, 6) is 0.695. The molecule has 0 atom stereocenters. The lowest BCUT2D eigenvalue weighted by Crippen LogP contribution is -2.00. The molecule has 0 spiro atoms. The summed E-state index contributed by atoms with van der Waals surface area (Å²) in [6.45, 7) is 0. The average molecular weight is 593 g/mol. The molecule has 210 valence electrons. The van der Waals surface area contributed by atoms with Gasteiger partial charge in [0.05, 0.1) is 38.5 Å². The second-order valence-corrected chi connectivity index (χ2v) is 12.6. The third-order valence-electron chi connectivity index (χ3n) is 9.00. The SMILES string of the molecule is c1ccc(-n2c3ccccc3c3cc(-c4ccc5c(c4)c4ccccc4n5-c4ncc5sc6ccccc6c5n4)ccc32)cc1. The number of hydrogen-bond donors (Lipinski definition) is 0. The monoisotopic (exact) mass is 592 g/mol. The fourth-order valence-corrected chi connectivity index (χ4v) is 8.00. The number of hydrogen-bond acceptors (Lipinski definition) is 3. The molecule has 0 aliphatic rings. The van der Waals surface area contributed by atoms with Crippen LogP contribution in [0.4, 0.5) is 0 Å². The number of thiophene rings is 1. The highest BCUT2D eigenvalue weighted by atomic mass is 32.1. The Labute approximate surface area is 262 Å². The molecule has 10 aromatic rings. The van der Waals surface area contributed by atoms with Crippen molar-refractivity contribution in [2.24, 2.45) is 0 Å². The molecule has 0 saturated carbocycles. The number of nitrogens with zero attached hydrogens (tertiary/aromatic N) is 4. The molecular formula is C40H24N4S. The van der Waals surface area contributed by atoms with Crippen LogP contribution in [0, 0.1) is 0 Å². The highest BCUT2D eigenvalue weighted by Crippen LogP contribution is 2.38. The molecule has 0 unspecified atom stereocenters. The lowest BCUT2D eigenvalue weighted by molar-refractivity contribution is 1.01. The van der Waals surface area contributed by atoms with E-state index in [4.69, 9.17) is 9.97 Å². The van der Waals surface area contributed by atoms with Crippen molar-refractivity contribution < 1.29 is 0 Å². The van der Waals surface area contributed by atoms with Gasteiger partial charge >= 0.3 is 0 Å². The molecule has 0 aliphatic carbocycles. The van der Waals surface area contributed by atoms with Crippen molar-refractivity contribution in [2.45, 2.75) is 0 Å². The van der Waals surface area contributed by atoms with Crippen molar-refractivity contribution in [3.8, 4) is 22.8 Å². The maximum atomic E-state index is 5.14. The second kappa shape index (κ2) is 9.36. The standard InChI is InChI=1S/C40H24N4S/c1-2-10-27(11-3-1)43-33-15-7-4-12-28(33)31-22-25(18-20-35(31)43)26-19-21-36-32(23-26)29-13-5-8-16-34(29)44(36)40-41-24-38-39(42-40)30-14-6-9-17-37(30)45-38/h1-24H. The predicted octanol–water partition coefficient (Wildman–Crippen LogP) is 10.7. The zero-order valence-corrected chi connectivity index (χ0v) is 24.9. The van der Waals surface area contributed by atoms with Gasteiger partial charge in [0, 0.05) is 37.3 Å². The molecule has 0 radical (unpaired) electrons. The molecular weight excluding hydrogens is 569 g/mol. The lowest BCUT2D eigenvalue weighted by atomic mass is 10.0. The molecule has 0 aliphatic heterocycles. The Morgan fingerprint density at radius 1 is 0.444 bits per heavy atom. The summed E-state index contributed by atoms with van der Waals surface area (Å²) in [6, 6.07) is 50.0. The first-order valence-corrected chi connectivity index (χ1v) is 15.9. The molecule has 0 amide bonds. The van der Waals surface area contributed by atoms with E-state index in [0.29, 0.717) is 5.95 Å². The van der Waals surface area contributed by atoms with Gasteiger partial charge in [0.15, 0.2) is 0 Å². The third-order valence-corrected chi connectivity index (χ3v) is 10.1. The van der Waals surface area contributed by atoms with Gasteiger partial charge in [0.1, 0.15) is 0 Å². The van der Waals surface area contributed by atoms with Gasteiger partial charge in [-0.05, 0) is 65.7 Å². The van der Waals surface area contributed by atoms with Crippen LogP contribution in [0.25, 0.3) is 86.7 Å². The molecule has 4 aromatic heterocycles. The minimum atomic E-state index is 0.695. The first-order chi connectivity index (χ1) is 22.3. The molecule has 4 nitrogen and oxygen atoms in total. The van der Waals surface area contributed by atoms with Crippen LogP contribution in [-0.4, -0.2) is 19.1 Å². The van der Waals surface area contributed by atoms with Crippen LogP contribution in [0.1, 0.15) is 0 Å². The lowest BCUT2D eigenvalue weighted by Gasteiger charge is -2.09. The van der Waals surface area contributed by atoms with Crippen molar-refractivity contribution in [1.82, 2.24) is 19.1 Å². The normalized spacial score (nSPS) is 12.0. The third kappa shape index (κ3) is 3.59. The largest absolute Gasteiger partial charge is 0.309 e. The van der Waals surface area contributed by atoms with E-state index in [1.54, 1.807) is 11.3 Å². The Morgan fingerprint density at radius 2 is 1.00 bits per heavy atom. The maximum absolute atomic E-state index is 5.14. The summed E-state index contributed by atoms with van der Waals surface area (Å²) >= 11 is 1.74. The van der Waals surface area contributed by atoms with E-state index in [1.165, 1.54) is 59.5 Å². The van der Waals surface area contributed by atoms with Crippen molar-refractivity contribution in [2.75, 3.05) is 0 Å². The Bertz CT molecular complexity index is 2770. The molecule has 5 heteroatoms. The molecule has 0 fully saturated rings. The Balaban J connectivity index is 1.18.